The van der Waals surface area contributed by atoms with Crippen molar-refractivity contribution in [2.75, 3.05) is 12.4 Å². The average molecular weight is 253 g/mol. The lowest BCUT2D eigenvalue weighted by Gasteiger charge is -2.25. The largest absolute Gasteiger partial charge is 0.480 e. The molecule has 1 unspecified atom stereocenters. The van der Waals surface area contributed by atoms with E-state index < -0.39 is 42.3 Å². The standard InChI is InChI=1S/C8H15NO6S/c10-1-4(11)5(12)6(13)7-9-3(2-16-7)8(14)15/h3-7,9-13H,1-2H2,(H,14,15)/t3-,4-,5-,6-,7?/m0/s1. The highest BCUT2D eigenvalue weighted by Gasteiger charge is 2.38. The van der Waals surface area contributed by atoms with Crippen LogP contribution in [-0.4, -0.2) is 73.6 Å². The minimum atomic E-state index is -1.51. The third-order valence-electron chi connectivity index (χ3n) is 2.35. The van der Waals surface area contributed by atoms with Gasteiger partial charge >= 0.3 is 5.97 Å². The molecule has 0 saturated carbocycles. The normalized spacial score (nSPS) is 31.0. The average Bonchev–Trinajstić information content (AvgIpc) is 2.75. The number of hydrogen-bond donors (Lipinski definition) is 6. The zero-order chi connectivity index (χ0) is 12.3. The fraction of sp³-hybridized carbons (Fsp3) is 0.875. The van der Waals surface area contributed by atoms with Crippen LogP contribution in [0.3, 0.4) is 0 Å². The Balaban J connectivity index is 2.50. The van der Waals surface area contributed by atoms with Gasteiger partial charge in [-0.1, -0.05) is 0 Å². The lowest BCUT2D eigenvalue weighted by atomic mass is 10.1. The zero-order valence-corrected chi connectivity index (χ0v) is 9.17. The van der Waals surface area contributed by atoms with Gasteiger partial charge in [-0.15, -0.1) is 11.8 Å². The highest BCUT2D eigenvalue weighted by atomic mass is 32.2. The maximum absolute atomic E-state index is 10.6. The van der Waals surface area contributed by atoms with Gasteiger partial charge in [-0.3, -0.25) is 10.1 Å². The summed E-state index contributed by atoms with van der Waals surface area (Å²) in [7, 11) is 0. The first kappa shape index (κ1) is 13.7. The first-order valence-corrected chi connectivity index (χ1v) is 5.77. The van der Waals surface area contributed by atoms with Gasteiger partial charge in [-0.2, -0.15) is 0 Å². The van der Waals surface area contributed by atoms with Crippen LogP contribution in [0.25, 0.3) is 0 Å². The molecule has 1 aliphatic rings. The number of hydrogen-bond acceptors (Lipinski definition) is 7. The number of thioether (sulfide) groups is 1. The van der Waals surface area contributed by atoms with Crippen molar-refractivity contribution in [3.8, 4) is 0 Å². The Morgan fingerprint density at radius 1 is 1.44 bits per heavy atom. The molecular formula is C8H15NO6S. The van der Waals surface area contributed by atoms with Crippen LogP contribution in [0.1, 0.15) is 0 Å². The fourth-order valence-corrected chi connectivity index (χ4v) is 2.61. The smallest absolute Gasteiger partial charge is 0.321 e. The molecule has 0 aromatic heterocycles. The van der Waals surface area contributed by atoms with E-state index >= 15 is 0 Å². The second-order valence-electron chi connectivity index (χ2n) is 3.54. The molecule has 0 aromatic carbocycles. The van der Waals surface area contributed by atoms with Crippen LogP contribution in [-0.2, 0) is 4.79 Å². The van der Waals surface area contributed by atoms with Crippen molar-refractivity contribution in [3.05, 3.63) is 0 Å². The summed E-state index contributed by atoms with van der Waals surface area (Å²) in [6, 6.07) is -0.775. The minimum absolute atomic E-state index is 0.277. The maximum Gasteiger partial charge on any atom is 0.321 e. The SMILES string of the molecule is O=C(O)[C@@H]1CSC([C@@H](O)[C@@H](O)[C@@H](O)CO)N1. The Labute approximate surface area is 96.1 Å². The lowest BCUT2D eigenvalue weighted by molar-refractivity contribution is -0.139. The summed E-state index contributed by atoms with van der Waals surface area (Å²) in [6.45, 7) is -0.669. The quantitative estimate of drug-likeness (QED) is 0.309. The minimum Gasteiger partial charge on any atom is -0.480 e. The van der Waals surface area contributed by atoms with Gasteiger partial charge in [0.05, 0.1) is 12.0 Å². The summed E-state index contributed by atoms with van der Waals surface area (Å²) in [5.74, 6) is -0.752. The van der Waals surface area contributed by atoms with Crippen LogP contribution in [0.15, 0.2) is 0 Å². The van der Waals surface area contributed by atoms with E-state index in [1.54, 1.807) is 0 Å². The van der Waals surface area contributed by atoms with Crippen molar-refractivity contribution in [3.63, 3.8) is 0 Å². The van der Waals surface area contributed by atoms with Crippen molar-refractivity contribution < 1.29 is 30.3 Å². The number of nitrogens with one attached hydrogen (secondary N) is 1. The highest BCUT2D eigenvalue weighted by Crippen LogP contribution is 2.24. The topological polar surface area (TPSA) is 130 Å². The van der Waals surface area contributed by atoms with Gasteiger partial charge in [-0.05, 0) is 0 Å². The Morgan fingerprint density at radius 2 is 2.06 bits per heavy atom. The molecule has 0 radical (unpaired) electrons. The molecule has 0 spiro atoms. The van der Waals surface area contributed by atoms with E-state index in [1.165, 1.54) is 0 Å². The molecule has 5 atom stereocenters. The highest BCUT2D eigenvalue weighted by molar-refractivity contribution is 8.00. The van der Waals surface area contributed by atoms with Crippen LogP contribution in [0, 0.1) is 0 Å². The molecule has 16 heavy (non-hydrogen) atoms. The number of aliphatic carboxylic acids is 1. The number of aliphatic hydroxyl groups is 4. The van der Waals surface area contributed by atoms with Gasteiger partial charge in [0.2, 0.25) is 0 Å². The first-order chi connectivity index (χ1) is 7.47. The molecule has 0 bridgehead atoms. The van der Waals surface area contributed by atoms with Crippen LogP contribution in [0.4, 0.5) is 0 Å². The molecule has 6 N–H and O–H groups in total. The van der Waals surface area contributed by atoms with Gasteiger partial charge in [0, 0.05) is 5.75 Å². The summed E-state index contributed by atoms with van der Waals surface area (Å²) >= 11 is 1.15. The van der Waals surface area contributed by atoms with E-state index in [0.29, 0.717) is 0 Å². The molecule has 1 heterocycles. The van der Waals surface area contributed by atoms with Gasteiger partial charge in [0.25, 0.3) is 0 Å². The second-order valence-corrected chi connectivity index (χ2v) is 4.72. The number of rotatable bonds is 5. The number of carboxylic acids is 1. The summed E-state index contributed by atoms with van der Waals surface area (Å²) in [6.07, 6.45) is -4.29. The maximum atomic E-state index is 10.6. The predicted octanol–water partition coefficient (Wildman–Crippen LogP) is -2.82. The van der Waals surface area contributed by atoms with E-state index in [2.05, 4.69) is 5.32 Å². The van der Waals surface area contributed by atoms with E-state index in [0.717, 1.165) is 11.8 Å². The Bertz CT molecular complexity index is 253. The van der Waals surface area contributed by atoms with Gasteiger partial charge < -0.3 is 25.5 Å². The molecule has 1 fully saturated rings. The molecule has 0 amide bonds. The summed E-state index contributed by atoms with van der Waals surface area (Å²) in [4.78, 5) is 10.6. The van der Waals surface area contributed by atoms with Crippen LogP contribution in [0.2, 0.25) is 0 Å². The predicted molar refractivity (Wildman–Crippen MR) is 55.9 cm³/mol. The van der Waals surface area contributed by atoms with Gasteiger partial charge in [-0.25, -0.2) is 0 Å². The molecule has 1 saturated heterocycles. The van der Waals surface area contributed by atoms with Gasteiger partial charge in [0.1, 0.15) is 24.4 Å². The third-order valence-corrected chi connectivity index (χ3v) is 3.65. The first-order valence-electron chi connectivity index (χ1n) is 4.73. The monoisotopic (exact) mass is 253 g/mol. The summed E-state index contributed by atoms with van der Waals surface area (Å²) in [5.41, 5.74) is 0. The molecule has 94 valence electrons. The van der Waals surface area contributed by atoms with Gasteiger partial charge in [0.15, 0.2) is 0 Å². The number of aliphatic hydroxyl groups excluding tert-OH is 4. The zero-order valence-electron chi connectivity index (χ0n) is 8.35. The van der Waals surface area contributed by atoms with Crippen LogP contribution < -0.4 is 5.32 Å². The van der Waals surface area contributed by atoms with Crippen molar-refractivity contribution in [2.24, 2.45) is 0 Å². The van der Waals surface area contributed by atoms with Crippen LogP contribution in [0.5, 0.6) is 0 Å². The Morgan fingerprint density at radius 3 is 2.50 bits per heavy atom. The molecular weight excluding hydrogens is 238 g/mol. The number of carboxylic acid groups (broad SMARTS) is 1. The van der Waals surface area contributed by atoms with Crippen LogP contribution >= 0.6 is 11.8 Å². The Kier molecular flexibility index (Phi) is 4.96. The summed E-state index contributed by atoms with van der Waals surface area (Å²) in [5, 5.41) is 47.4. The lowest BCUT2D eigenvalue weighted by Crippen LogP contribution is -2.50. The number of carbonyl (C=O) groups is 1. The van der Waals surface area contributed by atoms with E-state index in [9.17, 15) is 15.0 Å². The third kappa shape index (κ3) is 3.06. The molecule has 7 nitrogen and oxygen atoms in total. The molecule has 1 rings (SSSR count). The Hall–Kier alpha value is -0.380. The molecule has 1 aliphatic heterocycles. The molecule has 8 heteroatoms. The second kappa shape index (κ2) is 5.80. The molecule has 0 aromatic rings. The van der Waals surface area contributed by atoms with Crippen molar-refractivity contribution in [1.82, 2.24) is 5.32 Å². The van der Waals surface area contributed by atoms with Crippen molar-refractivity contribution in [2.45, 2.75) is 29.7 Å². The van der Waals surface area contributed by atoms with E-state index in [-0.39, 0.29) is 5.75 Å². The molecule has 0 aliphatic carbocycles. The summed E-state index contributed by atoms with van der Waals surface area (Å²) < 4.78 is 0. The van der Waals surface area contributed by atoms with E-state index in [4.69, 9.17) is 15.3 Å². The fourth-order valence-electron chi connectivity index (χ4n) is 1.35. The van der Waals surface area contributed by atoms with E-state index in [1.807, 2.05) is 0 Å². The van der Waals surface area contributed by atoms with Crippen molar-refractivity contribution >= 4 is 17.7 Å². The van der Waals surface area contributed by atoms with Crippen molar-refractivity contribution in [1.29, 1.82) is 0 Å².